The SMILES string of the molecule is CC(C)C1CCCC(C#N)(NCCN=[N+]=[N-])CC1. The van der Waals surface area contributed by atoms with Crippen LogP contribution in [-0.4, -0.2) is 18.6 Å². The quantitative estimate of drug-likeness (QED) is 0.266. The fourth-order valence-corrected chi connectivity index (χ4v) is 2.75. The maximum atomic E-state index is 9.43. The van der Waals surface area contributed by atoms with E-state index in [1.54, 1.807) is 0 Å². The smallest absolute Gasteiger partial charge is 0.106 e. The van der Waals surface area contributed by atoms with Crippen molar-refractivity contribution >= 4 is 0 Å². The standard InChI is InChI=1S/C13H23N5/c1-11(2)12-4-3-6-13(10-14,7-5-12)16-8-9-17-18-15/h11-12,16H,3-9H2,1-2H3. The molecule has 0 aromatic rings. The maximum Gasteiger partial charge on any atom is 0.106 e. The molecule has 0 saturated heterocycles. The van der Waals surface area contributed by atoms with E-state index in [4.69, 9.17) is 5.53 Å². The first kappa shape index (κ1) is 14.8. The van der Waals surface area contributed by atoms with Gasteiger partial charge >= 0.3 is 0 Å². The summed E-state index contributed by atoms with van der Waals surface area (Å²) in [5.41, 5.74) is 7.82. The van der Waals surface area contributed by atoms with Gasteiger partial charge in [-0.1, -0.05) is 31.8 Å². The van der Waals surface area contributed by atoms with E-state index in [-0.39, 0.29) is 0 Å². The van der Waals surface area contributed by atoms with Crippen LogP contribution in [0.2, 0.25) is 0 Å². The number of nitrogens with one attached hydrogen (secondary N) is 1. The second-order valence-corrected chi connectivity index (χ2v) is 5.51. The van der Waals surface area contributed by atoms with Crippen LogP contribution in [-0.2, 0) is 0 Å². The van der Waals surface area contributed by atoms with Gasteiger partial charge in [0.2, 0.25) is 0 Å². The highest BCUT2D eigenvalue weighted by molar-refractivity contribution is 5.08. The number of rotatable bonds is 5. The van der Waals surface area contributed by atoms with Crippen LogP contribution in [0.15, 0.2) is 5.11 Å². The molecule has 18 heavy (non-hydrogen) atoms. The molecule has 0 aromatic heterocycles. The molecule has 0 bridgehead atoms. The van der Waals surface area contributed by atoms with E-state index in [1.165, 1.54) is 6.42 Å². The summed E-state index contributed by atoms with van der Waals surface area (Å²) in [6.45, 7) is 5.52. The minimum absolute atomic E-state index is 0.408. The van der Waals surface area contributed by atoms with Gasteiger partial charge in [-0.05, 0) is 36.6 Å². The Morgan fingerprint density at radius 1 is 1.50 bits per heavy atom. The zero-order valence-corrected chi connectivity index (χ0v) is 11.4. The summed E-state index contributed by atoms with van der Waals surface area (Å²) in [4.78, 5) is 2.72. The second kappa shape index (κ2) is 7.25. The Bertz CT molecular complexity index is 340. The Labute approximate surface area is 109 Å². The van der Waals surface area contributed by atoms with Gasteiger partial charge in [0.05, 0.1) is 6.07 Å². The molecule has 0 spiro atoms. The molecule has 1 saturated carbocycles. The monoisotopic (exact) mass is 249 g/mol. The van der Waals surface area contributed by atoms with E-state index in [9.17, 15) is 5.26 Å². The summed E-state index contributed by atoms with van der Waals surface area (Å²) in [7, 11) is 0. The lowest BCUT2D eigenvalue weighted by Gasteiger charge is -2.26. The predicted molar refractivity (Wildman–Crippen MR) is 71.8 cm³/mol. The van der Waals surface area contributed by atoms with Crippen LogP contribution < -0.4 is 5.32 Å². The van der Waals surface area contributed by atoms with E-state index in [0.29, 0.717) is 19.0 Å². The van der Waals surface area contributed by atoms with Gasteiger partial charge in [-0.2, -0.15) is 5.26 Å². The number of hydrogen-bond donors (Lipinski definition) is 1. The zero-order valence-electron chi connectivity index (χ0n) is 11.4. The van der Waals surface area contributed by atoms with Crippen molar-refractivity contribution in [3.63, 3.8) is 0 Å². The Hall–Kier alpha value is -1.24. The molecule has 1 rings (SSSR count). The fourth-order valence-electron chi connectivity index (χ4n) is 2.75. The number of nitrogens with zero attached hydrogens (tertiary/aromatic N) is 4. The van der Waals surface area contributed by atoms with Gasteiger partial charge in [-0.3, -0.25) is 5.32 Å². The predicted octanol–water partition coefficient (Wildman–Crippen LogP) is 3.38. The lowest BCUT2D eigenvalue weighted by atomic mass is 9.87. The number of hydrogen-bond acceptors (Lipinski definition) is 3. The van der Waals surface area contributed by atoms with Gasteiger partial charge in [0.1, 0.15) is 5.54 Å². The molecule has 5 nitrogen and oxygen atoms in total. The van der Waals surface area contributed by atoms with Gasteiger partial charge in [-0.15, -0.1) is 0 Å². The third-order valence-corrected chi connectivity index (χ3v) is 4.02. The lowest BCUT2D eigenvalue weighted by Crippen LogP contribution is -2.44. The van der Waals surface area contributed by atoms with Crippen molar-refractivity contribution in [3.05, 3.63) is 10.4 Å². The van der Waals surface area contributed by atoms with Crippen molar-refractivity contribution in [2.75, 3.05) is 13.1 Å². The molecular weight excluding hydrogens is 226 g/mol. The van der Waals surface area contributed by atoms with Crippen LogP contribution >= 0.6 is 0 Å². The van der Waals surface area contributed by atoms with Crippen LogP contribution in [0.5, 0.6) is 0 Å². The van der Waals surface area contributed by atoms with Crippen molar-refractivity contribution in [2.24, 2.45) is 17.0 Å². The highest BCUT2D eigenvalue weighted by Crippen LogP contribution is 2.33. The average molecular weight is 249 g/mol. The van der Waals surface area contributed by atoms with Crippen LogP contribution in [0.25, 0.3) is 10.4 Å². The molecule has 100 valence electrons. The topological polar surface area (TPSA) is 84.6 Å². The lowest BCUT2D eigenvalue weighted by molar-refractivity contribution is 0.324. The summed E-state index contributed by atoms with van der Waals surface area (Å²) in [6.07, 6.45) is 5.25. The van der Waals surface area contributed by atoms with Crippen molar-refractivity contribution in [3.8, 4) is 6.07 Å². The van der Waals surface area contributed by atoms with Crippen LogP contribution in [0, 0.1) is 23.2 Å². The van der Waals surface area contributed by atoms with Crippen molar-refractivity contribution in [1.82, 2.24) is 5.32 Å². The van der Waals surface area contributed by atoms with Crippen molar-refractivity contribution in [1.29, 1.82) is 5.26 Å². The van der Waals surface area contributed by atoms with E-state index in [1.807, 2.05) is 0 Å². The van der Waals surface area contributed by atoms with Gasteiger partial charge in [-0.25, -0.2) is 0 Å². The third kappa shape index (κ3) is 4.21. The molecule has 2 atom stereocenters. The highest BCUT2D eigenvalue weighted by atomic mass is 15.1. The van der Waals surface area contributed by atoms with E-state index < -0.39 is 5.54 Å². The number of nitriles is 1. The molecule has 1 aliphatic carbocycles. The maximum absolute atomic E-state index is 9.43. The summed E-state index contributed by atoms with van der Waals surface area (Å²) in [6, 6.07) is 2.45. The minimum atomic E-state index is -0.408. The molecule has 2 unspecified atom stereocenters. The van der Waals surface area contributed by atoms with Gasteiger partial charge in [0.25, 0.3) is 0 Å². The van der Waals surface area contributed by atoms with Gasteiger partial charge < -0.3 is 0 Å². The first-order valence-electron chi connectivity index (χ1n) is 6.81. The molecule has 0 amide bonds. The fraction of sp³-hybridized carbons (Fsp3) is 0.923. The van der Waals surface area contributed by atoms with Crippen LogP contribution in [0.4, 0.5) is 0 Å². The average Bonchev–Trinajstić information content (AvgIpc) is 2.58. The molecule has 0 aliphatic heterocycles. The van der Waals surface area contributed by atoms with E-state index in [2.05, 4.69) is 35.3 Å². The normalized spacial score (nSPS) is 28.2. The van der Waals surface area contributed by atoms with E-state index >= 15 is 0 Å². The zero-order chi connectivity index (χ0) is 13.4. The highest BCUT2D eigenvalue weighted by Gasteiger charge is 2.33. The third-order valence-electron chi connectivity index (χ3n) is 4.02. The van der Waals surface area contributed by atoms with Gasteiger partial charge in [0, 0.05) is 18.0 Å². The van der Waals surface area contributed by atoms with Gasteiger partial charge in [0.15, 0.2) is 0 Å². The number of azide groups is 1. The second-order valence-electron chi connectivity index (χ2n) is 5.51. The molecule has 0 radical (unpaired) electrons. The molecule has 1 fully saturated rings. The summed E-state index contributed by atoms with van der Waals surface area (Å²) < 4.78 is 0. The molecular formula is C13H23N5. The van der Waals surface area contributed by atoms with Crippen molar-refractivity contribution in [2.45, 2.75) is 51.5 Å². The Kier molecular flexibility index (Phi) is 5.97. The minimum Gasteiger partial charge on any atom is -0.299 e. The molecule has 1 N–H and O–H groups in total. The summed E-state index contributed by atoms with van der Waals surface area (Å²) >= 11 is 0. The first-order chi connectivity index (χ1) is 8.63. The molecule has 0 heterocycles. The Morgan fingerprint density at radius 2 is 2.28 bits per heavy atom. The molecule has 0 aromatic carbocycles. The first-order valence-corrected chi connectivity index (χ1v) is 6.81. The van der Waals surface area contributed by atoms with Crippen LogP contribution in [0.1, 0.15) is 46.0 Å². The Morgan fingerprint density at radius 3 is 2.89 bits per heavy atom. The van der Waals surface area contributed by atoms with E-state index in [0.717, 1.165) is 31.6 Å². The summed E-state index contributed by atoms with van der Waals surface area (Å²) in [5, 5.41) is 16.2. The summed E-state index contributed by atoms with van der Waals surface area (Å²) in [5.74, 6) is 1.43. The Balaban J connectivity index is 2.54. The largest absolute Gasteiger partial charge is 0.299 e. The molecule has 1 aliphatic rings. The molecule has 5 heteroatoms. The van der Waals surface area contributed by atoms with Crippen molar-refractivity contribution < 1.29 is 0 Å². The van der Waals surface area contributed by atoms with Crippen LogP contribution in [0.3, 0.4) is 0 Å².